The zero-order valence-electron chi connectivity index (χ0n) is 16.5. The van der Waals surface area contributed by atoms with E-state index in [1.54, 1.807) is 31.6 Å². The molecule has 2 atom stereocenters. The number of ether oxygens (including phenoxy) is 2. The fourth-order valence-corrected chi connectivity index (χ4v) is 3.57. The van der Waals surface area contributed by atoms with Gasteiger partial charge in [-0.25, -0.2) is 4.98 Å². The maximum atomic E-state index is 10.9. The van der Waals surface area contributed by atoms with Crippen LogP contribution in [0.25, 0.3) is 11.3 Å². The summed E-state index contributed by atoms with van der Waals surface area (Å²) in [7, 11) is 1.56. The van der Waals surface area contributed by atoms with Crippen LogP contribution in [-0.4, -0.2) is 33.3 Å². The quantitative estimate of drug-likeness (QED) is 0.643. The van der Waals surface area contributed by atoms with Gasteiger partial charge in [0.2, 0.25) is 5.88 Å². The van der Waals surface area contributed by atoms with Gasteiger partial charge in [-0.15, -0.1) is 0 Å². The molecule has 0 fully saturated rings. The van der Waals surface area contributed by atoms with Crippen LogP contribution < -0.4 is 9.47 Å². The molecule has 7 nitrogen and oxygen atoms in total. The van der Waals surface area contributed by atoms with Crippen LogP contribution >= 0.6 is 0 Å². The number of aliphatic hydroxyl groups is 1. The summed E-state index contributed by atoms with van der Waals surface area (Å²) in [5.41, 5.74) is 4.30. The van der Waals surface area contributed by atoms with Gasteiger partial charge in [0.1, 0.15) is 11.9 Å². The minimum absolute atomic E-state index is 0.116. The molecule has 0 amide bonds. The molecule has 1 aromatic heterocycles. The Morgan fingerprint density at radius 2 is 2.03 bits per heavy atom. The molecule has 2 N–H and O–H groups in total. The van der Waals surface area contributed by atoms with Crippen LogP contribution in [0.5, 0.6) is 11.6 Å². The molecule has 0 bridgehead atoms. The molecule has 2 heterocycles. The Bertz CT molecular complexity index is 1050. The van der Waals surface area contributed by atoms with E-state index in [1.807, 2.05) is 30.3 Å². The summed E-state index contributed by atoms with van der Waals surface area (Å²) < 4.78 is 11.3. The lowest BCUT2D eigenvalue weighted by atomic mass is 9.94. The van der Waals surface area contributed by atoms with Gasteiger partial charge in [0, 0.05) is 5.56 Å². The van der Waals surface area contributed by atoms with E-state index in [-0.39, 0.29) is 12.5 Å². The summed E-state index contributed by atoms with van der Waals surface area (Å²) in [5.74, 6) is 0.112. The van der Waals surface area contributed by atoms with Gasteiger partial charge in [0.25, 0.3) is 0 Å². The van der Waals surface area contributed by atoms with Crippen molar-refractivity contribution in [3.8, 4) is 22.9 Å². The first-order valence-corrected chi connectivity index (χ1v) is 9.69. The van der Waals surface area contributed by atoms with E-state index in [0.29, 0.717) is 17.2 Å². The molecule has 7 heteroatoms. The lowest BCUT2D eigenvalue weighted by molar-refractivity contribution is -0.139. The molecule has 0 saturated carbocycles. The Morgan fingerprint density at radius 1 is 1.23 bits per heavy atom. The molecule has 154 valence electrons. The predicted molar refractivity (Wildman–Crippen MR) is 109 cm³/mol. The van der Waals surface area contributed by atoms with E-state index in [1.165, 1.54) is 0 Å². The minimum Gasteiger partial charge on any atom is -0.485 e. The van der Waals surface area contributed by atoms with Crippen molar-refractivity contribution in [2.75, 3.05) is 7.11 Å². The number of nitrogens with zero attached hydrogens (tertiary/aromatic N) is 2. The number of benzene rings is 2. The molecule has 0 spiro atoms. The first-order valence-electron chi connectivity index (χ1n) is 9.69. The number of rotatable bonds is 6. The van der Waals surface area contributed by atoms with Gasteiger partial charge in [0.15, 0.2) is 0 Å². The Balaban J connectivity index is 1.52. The minimum atomic E-state index is -1.06. The van der Waals surface area contributed by atoms with E-state index in [2.05, 4.69) is 9.97 Å². The molecule has 0 aliphatic carbocycles. The Hall–Kier alpha value is -3.45. The summed E-state index contributed by atoms with van der Waals surface area (Å²) >= 11 is 0. The smallest absolute Gasteiger partial charge is 0.306 e. The average molecular weight is 406 g/mol. The highest BCUT2D eigenvalue weighted by atomic mass is 16.5. The van der Waals surface area contributed by atoms with Crippen LogP contribution in [0.3, 0.4) is 0 Å². The number of methoxy groups -OCH3 is 1. The van der Waals surface area contributed by atoms with Crippen LogP contribution in [0, 0.1) is 0 Å². The van der Waals surface area contributed by atoms with E-state index in [9.17, 15) is 9.90 Å². The third kappa shape index (κ3) is 4.26. The van der Waals surface area contributed by atoms with Crippen LogP contribution in [0.2, 0.25) is 0 Å². The largest absolute Gasteiger partial charge is 0.485 e. The Morgan fingerprint density at radius 3 is 2.77 bits per heavy atom. The number of hydrogen-bond donors (Lipinski definition) is 2. The third-order valence-electron chi connectivity index (χ3n) is 5.19. The predicted octanol–water partition coefficient (Wildman–Crippen LogP) is 3.73. The SMILES string of the molecule is COc1cncc(-c2ccc(C3CCc4ccc([C@H](O)CC(=O)O)cc4O3)cc2)n1. The van der Waals surface area contributed by atoms with Gasteiger partial charge in [-0.2, -0.15) is 0 Å². The van der Waals surface area contributed by atoms with Gasteiger partial charge < -0.3 is 19.7 Å². The molecule has 30 heavy (non-hydrogen) atoms. The molecule has 3 aromatic rings. The number of carboxylic acids is 1. The van der Waals surface area contributed by atoms with E-state index >= 15 is 0 Å². The molecule has 2 aromatic carbocycles. The van der Waals surface area contributed by atoms with Crippen molar-refractivity contribution in [3.05, 3.63) is 71.5 Å². The fraction of sp³-hybridized carbons (Fsp3) is 0.261. The molecule has 0 saturated heterocycles. The topological polar surface area (TPSA) is 102 Å². The molecular formula is C23H22N2O5. The molecule has 1 aliphatic heterocycles. The maximum Gasteiger partial charge on any atom is 0.306 e. The summed E-state index contributed by atoms with van der Waals surface area (Å²) in [5, 5.41) is 19.0. The number of carboxylic acid groups (broad SMARTS) is 1. The van der Waals surface area contributed by atoms with Crippen LogP contribution in [0.4, 0.5) is 0 Å². The van der Waals surface area contributed by atoms with Gasteiger partial charge in [-0.3, -0.25) is 9.78 Å². The number of hydrogen-bond acceptors (Lipinski definition) is 6. The summed E-state index contributed by atoms with van der Waals surface area (Å²) in [6, 6.07) is 13.4. The first-order chi connectivity index (χ1) is 14.5. The highest BCUT2D eigenvalue weighted by Crippen LogP contribution is 2.37. The van der Waals surface area contributed by atoms with Gasteiger partial charge in [-0.1, -0.05) is 36.4 Å². The molecule has 0 radical (unpaired) electrons. The zero-order chi connectivity index (χ0) is 21.1. The third-order valence-corrected chi connectivity index (χ3v) is 5.19. The second-order valence-corrected chi connectivity index (χ2v) is 7.19. The van der Waals surface area contributed by atoms with Crippen molar-refractivity contribution in [2.45, 2.75) is 31.5 Å². The maximum absolute atomic E-state index is 10.9. The normalized spacial score (nSPS) is 16.3. The second kappa shape index (κ2) is 8.51. The summed E-state index contributed by atoms with van der Waals surface area (Å²) in [6.45, 7) is 0. The fourth-order valence-electron chi connectivity index (χ4n) is 3.57. The van der Waals surface area contributed by atoms with Gasteiger partial charge >= 0.3 is 5.97 Å². The Labute approximate surface area is 174 Å². The van der Waals surface area contributed by atoms with Crippen LogP contribution in [0.15, 0.2) is 54.9 Å². The number of aliphatic carboxylic acids is 1. The lowest BCUT2D eigenvalue weighted by Gasteiger charge is -2.27. The van der Waals surface area contributed by atoms with E-state index < -0.39 is 12.1 Å². The summed E-state index contributed by atoms with van der Waals surface area (Å²) in [6.07, 6.45) is 3.43. The number of carbonyl (C=O) groups is 1. The highest BCUT2D eigenvalue weighted by Gasteiger charge is 2.23. The standard InChI is InChI=1S/C23H22N2O5/c1-29-22-13-24-12-18(25-22)14-2-4-15(5-3-14)20-9-8-16-6-7-17(10-21(16)30-20)19(26)11-23(27)28/h2-7,10,12-13,19-20,26H,8-9,11H2,1H3,(H,27,28)/t19-,20?/m1/s1. The number of aliphatic hydroxyl groups excluding tert-OH is 1. The monoisotopic (exact) mass is 406 g/mol. The van der Waals surface area contributed by atoms with Gasteiger partial charge in [-0.05, 0) is 35.6 Å². The van der Waals surface area contributed by atoms with Crippen molar-refractivity contribution in [3.63, 3.8) is 0 Å². The number of aromatic nitrogens is 2. The molecular weight excluding hydrogens is 384 g/mol. The van der Waals surface area contributed by atoms with Crippen LogP contribution in [-0.2, 0) is 11.2 Å². The number of aryl methyl sites for hydroxylation is 1. The van der Waals surface area contributed by atoms with E-state index in [0.717, 1.165) is 35.2 Å². The second-order valence-electron chi connectivity index (χ2n) is 7.19. The van der Waals surface area contributed by atoms with Crippen molar-refractivity contribution in [2.24, 2.45) is 0 Å². The van der Waals surface area contributed by atoms with E-state index in [4.69, 9.17) is 14.6 Å². The highest BCUT2D eigenvalue weighted by molar-refractivity contribution is 5.67. The lowest BCUT2D eigenvalue weighted by Crippen LogP contribution is -2.16. The van der Waals surface area contributed by atoms with Crippen molar-refractivity contribution in [1.82, 2.24) is 9.97 Å². The van der Waals surface area contributed by atoms with Crippen molar-refractivity contribution >= 4 is 5.97 Å². The summed E-state index contributed by atoms with van der Waals surface area (Å²) in [4.78, 5) is 19.4. The molecule has 1 unspecified atom stereocenters. The Kier molecular flexibility index (Phi) is 5.63. The number of fused-ring (bicyclic) bond motifs is 1. The zero-order valence-corrected chi connectivity index (χ0v) is 16.5. The first kappa shape index (κ1) is 19.8. The van der Waals surface area contributed by atoms with Gasteiger partial charge in [0.05, 0.1) is 37.7 Å². The average Bonchev–Trinajstić information content (AvgIpc) is 2.78. The van der Waals surface area contributed by atoms with Crippen molar-refractivity contribution < 1.29 is 24.5 Å². The van der Waals surface area contributed by atoms with Crippen molar-refractivity contribution in [1.29, 1.82) is 0 Å². The molecule has 4 rings (SSSR count). The molecule has 1 aliphatic rings. The van der Waals surface area contributed by atoms with Crippen LogP contribution in [0.1, 0.15) is 41.7 Å².